The van der Waals surface area contributed by atoms with Gasteiger partial charge in [0.2, 0.25) is 0 Å². The van der Waals surface area contributed by atoms with Crippen LogP contribution in [0.5, 0.6) is 11.5 Å². The summed E-state index contributed by atoms with van der Waals surface area (Å²) in [6.07, 6.45) is 0. The zero-order valence-electron chi connectivity index (χ0n) is 14.9. The summed E-state index contributed by atoms with van der Waals surface area (Å²) in [5.41, 5.74) is 0.899. The number of carbonyl (C=O) groups excluding carboxylic acids is 1. The average Bonchev–Trinajstić information content (AvgIpc) is 2.73. The summed E-state index contributed by atoms with van der Waals surface area (Å²) in [6.45, 7) is 0.787. The van der Waals surface area contributed by atoms with Crippen LogP contribution >= 0.6 is 0 Å². The SMILES string of the molecule is O=C(Nc1ccc([N+](=O)[O-])cc1)c1ccc(OCCOc2ccccc2)cc1. The van der Waals surface area contributed by atoms with Gasteiger partial charge in [-0.1, -0.05) is 18.2 Å². The van der Waals surface area contributed by atoms with Gasteiger partial charge in [0, 0.05) is 23.4 Å². The van der Waals surface area contributed by atoms with E-state index in [1.165, 1.54) is 24.3 Å². The lowest BCUT2D eigenvalue weighted by Crippen LogP contribution is -2.12. The minimum Gasteiger partial charge on any atom is -0.490 e. The first-order valence-corrected chi connectivity index (χ1v) is 8.58. The predicted octanol–water partition coefficient (Wildman–Crippen LogP) is 4.30. The molecule has 0 aliphatic heterocycles. The van der Waals surface area contributed by atoms with E-state index in [2.05, 4.69) is 5.32 Å². The fourth-order valence-corrected chi connectivity index (χ4v) is 2.41. The van der Waals surface area contributed by atoms with E-state index in [1.54, 1.807) is 24.3 Å². The van der Waals surface area contributed by atoms with Gasteiger partial charge in [0.15, 0.2) is 0 Å². The molecule has 3 aromatic rings. The van der Waals surface area contributed by atoms with Crippen LogP contribution < -0.4 is 14.8 Å². The maximum absolute atomic E-state index is 12.3. The Morgan fingerprint density at radius 3 is 1.96 bits per heavy atom. The molecule has 1 amide bonds. The topological polar surface area (TPSA) is 90.7 Å². The summed E-state index contributed by atoms with van der Waals surface area (Å²) in [5.74, 6) is 1.10. The highest BCUT2D eigenvalue weighted by Gasteiger charge is 2.08. The molecular weight excluding hydrogens is 360 g/mol. The maximum atomic E-state index is 12.3. The summed E-state index contributed by atoms with van der Waals surface area (Å²) < 4.78 is 11.1. The van der Waals surface area contributed by atoms with Gasteiger partial charge in [0.25, 0.3) is 11.6 Å². The number of hydrogen-bond donors (Lipinski definition) is 1. The van der Waals surface area contributed by atoms with E-state index in [-0.39, 0.29) is 11.6 Å². The zero-order chi connectivity index (χ0) is 19.8. The zero-order valence-corrected chi connectivity index (χ0v) is 14.9. The van der Waals surface area contributed by atoms with Gasteiger partial charge in [0.1, 0.15) is 24.7 Å². The van der Waals surface area contributed by atoms with Gasteiger partial charge < -0.3 is 14.8 Å². The Balaban J connectivity index is 1.47. The number of benzene rings is 3. The second kappa shape index (κ2) is 9.18. The highest BCUT2D eigenvalue weighted by molar-refractivity contribution is 6.04. The van der Waals surface area contributed by atoms with E-state index in [9.17, 15) is 14.9 Å². The molecule has 0 unspecified atom stereocenters. The monoisotopic (exact) mass is 378 g/mol. The molecule has 142 valence electrons. The fourth-order valence-electron chi connectivity index (χ4n) is 2.41. The first kappa shape index (κ1) is 18.9. The lowest BCUT2D eigenvalue weighted by Gasteiger charge is -2.09. The molecule has 0 saturated carbocycles. The summed E-state index contributed by atoms with van der Waals surface area (Å²) in [7, 11) is 0. The van der Waals surface area contributed by atoms with Crippen LogP contribution in [0.3, 0.4) is 0 Å². The van der Waals surface area contributed by atoms with Gasteiger partial charge >= 0.3 is 0 Å². The second-order valence-corrected chi connectivity index (χ2v) is 5.79. The van der Waals surface area contributed by atoms with Crippen molar-refractivity contribution in [1.82, 2.24) is 0 Å². The van der Waals surface area contributed by atoms with Gasteiger partial charge in [-0.2, -0.15) is 0 Å². The van der Waals surface area contributed by atoms with E-state index in [0.29, 0.717) is 30.2 Å². The lowest BCUT2D eigenvalue weighted by atomic mass is 10.2. The van der Waals surface area contributed by atoms with Crippen molar-refractivity contribution >= 4 is 17.3 Å². The molecule has 0 fully saturated rings. The number of carbonyl (C=O) groups is 1. The van der Waals surface area contributed by atoms with Gasteiger partial charge in [-0.25, -0.2) is 0 Å². The van der Waals surface area contributed by atoms with Crippen LogP contribution in [0, 0.1) is 10.1 Å². The van der Waals surface area contributed by atoms with Crippen molar-refractivity contribution in [3.63, 3.8) is 0 Å². The lowest BCUT2D eigenvalue weighted by molar-refractivity contribution is -0.384. The van der Waals surface area contributed by atoms with E-state index >= 15 is 0 Å². The summed E-state index contributed by atoms with van der Waals surface area (Å²) in [5, 5.41) is 13.3. The number of nitrogens with zero attached hydrogens (tertiary/aromatic N) is 1. The molecular formula is C21H18N2O5. The summed E-state index contributed by atoms with van der Waals surface area (Å²) in [6, 6.07) is 21.8. The van der Waals surface area contributed by atoms with Crippen molar-refractivity contribution in [2.45, 2.75) is 0 Å². The van der Waals surface area contributed by atoms with E-state index < -0.39 is 4.92 Å². The first-order valence-electron chi connectivity index (χ1n) is 8.58. The van der Waals surface area contributed by atoms with Gasteiger partial charge in [-0.05, 0) is 48.5 Å². The number of non-ortho nitro benzene ring substituents is 1. The third kappa shape index (κ3) is 5.31. The Morgan fingerprint density at radius 1 is 0.821 bits per heavy atom. The van der Waals surface area contributed by atoms with Crippen LogP contribution in [0.25, 0.3) is 0 Å². The minimum absolute atomic E-state index is 0.0317. The molecule has 0 saturated heterocycles. The molecule has 3 rings (SSSR count). The Bertz CT molecular complexity index is 925. The van der Waals surface area contributed by atoms with Crippen LogP contribution in [0.1, 0.15) is 10.4 Å². The number of nitro groups is 1. The number of anilines is 1. The molecule has 0 heterocycles. The Morgan fingerprint density at radius 2 is 1.39 bits per heavy atom. The van der Waals surface area contributed by atoms with E-state index in [1.807, 2.05) is 30.3 Å². The van der Waals surface area contributed by atoms with Crippen molar-refractivity contribution in [2.24, 2.45) is 0 Å². The standard InChI is InChI=1S/C21H18N2O5/c24-21(22-17-8-10-18(11-9-17)23(25)26)16-6-12-20(13-7-16)28-15-14-27-19-4-2-1-3-5-19/h1-13H,14-15H2,(H,22,24). The van der Waals surface area contributed by atoms with Crippen molar-refractivity contribution < 1.29 is 19.2 Å². The van der Waals surface area contributed by atoms with Crippen molar-refractivity contribution in [3.8, 4) is 11.5 Å². The van der Waals surface area contributed by atoms with Crippen LogP contribution in [0.4, 0.5) is 11.4 Å². The molecule has 28 heavy (non-hydrogen) atoms. The number of rotatable bonds is 8. The Kier molecular flexibility index (Phi) is 6.20. The molecule has 1 N–H and O–H groups in total. The molecule has 7 heteroatoms. The molecule has 0 radical (unpaired) electrons. The third-order valence-electron chi connectivity index (χ3n) is 3.82. The third-order valence-corrected chi connectivity index (χ3v) is 3.82. The highest BCUT2D eigenvalue weighted by atomic mass is 16.6. The smallest absolute Gasteiger partial charge is 0.269 e. The van der Waals surface area contributed by atoms with E-state index in [4.69, 9.17) is 9.47 Å². The average molecular weight is 378 g/mol. The van der Waals surface area contributed by atoms with Crippen LogP contribution in [-0.2, 0) is 0 Å². The molecule has 7 nitrogen and oxygen atoms in total. The molecule has 0 bridgehead atoms. The molecule has 0 spiro atoms. The van der Waals surface area contributed by atoms with E-state index in [0.717, 1.165) is 5.75 Å². The fraction of sp³-hybridized carbons (Fsp3) is 0.0952. The largest absolute Gasteiger partial charge is 0.490 e. The highest BCUT2D eigenvalue weighted by Crippen LogP contribution is 2.17. The van der Waals surface area contributed by atoms with Crippen LogP contribution in [0.15, 0.2) is 78.9 Å². The van der Waals surface area contributed by atoms with Crippen molar-refractivity contribution in [3.05, 3.63) is 94.5 Å². The number of ether oxygens (including phenoxy) is 2. The number of nitro benzene ring substituents is 1. The summed E-state index contributed by atoms with van der Waals surface area (Å²) >= 11 is 0. The second-order valence-electron chi connectivity index (χ2n) is 5.79. The van der Waals surface area contributed by atoms with Crippen molar-refractivity contribution in [2.75, 3.05) is 18.5 Å². The quantitative estimate of drug-likeness (QED) is 0.358. The minimum atomic E-state index is -0.491. The van der Waals surface area contributed by atoms with Gasteiger partial charge in [-0.3, -0.25) is 14.9 Å². The molecule has 0 atom stereocenters. The number of para-hydroxylation sites is 1. The van der Waals surface area contributed by atoms with Gasteiger partial charge in [0.05, 0.1) is 4.92 Å². The maximum Gasteiger partial charge on any atom is 0.269 e. The Hall–Kier alpha value is -3.87. The molecule has 0 aliphatic carbocycles. The Labute approximate surface area is 161 Å². The predicted molar refractivity (Wildman–Crippen MR) is 105 cm³/mol. The molecule has 3 aromatic carbocycles. The van der Waals surface area contributed by atoms with Crippen LogP contribution in [0.2, 0.25) is 0 Å². The molecule has 0 aromatic heterocycles. The molecule has 0 aliphatic rings. The van der Waals surface area contributed by atoms with Gasteiger partial charge in [-0.15, -0.1) is 0 Å². The number of nitrogens with one attached hydrogen (secondary N) is 1. The first-order chi connectivity index (χ1) is 13.6. The van der Waals surface area contributed by atoms with Crippen LogP contribution in [-0.4, -0.2) is 24.0 Å². The van der Waals surface area contributed by atoms with Crippen molar-refractivity contribution in [1.29, 1.82) is 0 Å². The number of amides is 1. The summed E-state index contributed by atoms with van der Waals surface area (Å²) in [4.78, 5) is 22.4. The number of hydrogen-bond acceptors (Lipinski definition) is 5. The normalized spacial score (nSPS) is 10.1.